The molecular weight excluding hydrogens is 639 g/mol. The highest BCUT2D eigenvalue weighted by molar-refractivity contribution is 6.12. The second-order valence-corrected chi connectivity index (χ2v) is 13.8. The van der Waals surface area contributed by atoms with Crippen molar-refractivity contribution in [3.8, 4) is 11.6 Å². The van der Waals surface area contributed by atoms with Crippen molar-refractivity contribution in [3.63, 3.8) is 0 Å². The molecular formula is C46H29N5O. The van der Waals surface area contributed by atoms with Crippen LogP contribution in [0.1, 0.15) is 11.5 Å². The van der Waals surface area contributed by atoms with Crippen molar-refractivity contribution in [2.45, 2.75) is 12.0 Å². The first-order valence-electron chi connectivity index (χ1n) is 17.8. The maximum atomic E-state index is 6.86. The zero-order chi connectivity index (χ0) is 33.9. The minimum Gasteiger partial charge on any atom is -0.450 e. The molecule has 6 nitrogen and oxygen atoms in total. The molecule has 0 saturated carbocycles. The summed E-state index contributed by atoms with van der Waals surface area (Å²) in [6, 6.07) is 49.5. The second-order valence-electron chi connectivity index (χ2n) is 13.8. The van der Waals surface area contributed by atoms with E-state index in [4.69, 9.17) is 14.4 Å². The Morgan fingerprint density at radius 1 is 0.519 bits per heavy atom. The third-order valence-electron chi connectivity index (χ3n) is 11.1. The maximum Gasteiger partial charge on any atom is 0.237 e. The summed E-state index contributed by atoms with van der Waals surface area (Å²) in [4.78, 5) is 13.3. The van der Waals surface area contributed by atoms with Gasteiger partial charge in [0, 0.05) is 44.2 Å². The molecule has 2 unspecified atom stereocenters. The molecule has 1 aliphatic heterocycles. The Morgan fingerprint density at radius 3 is 1.77 bits per heavy atom. The summed E-state index contributed by atoms with van der Waals surface area (Å²) in [5, 5.41) is 5.74. The average Bonchev–Trinajstić information content (AvgIpc) is 3.94. The molecule has 2 aliphatic rings. The molecule has 0 amide bonds. The lowest BCUT2D eigenvalue weighted by molar-refractivity contribution is 0.658. The van der Waals surface area contributed by atoms with Gasteiger partial charge in [-0.3, -0.25) is 4.57 Å². The van der Waals surface area contributed by atoms with E-state index in [-0.39, 0.29) is 12.0 Å². The molecule has 6 heteroatoms. The number of rotatable bonds is 3. The van der Waals surface area contributed by atoms with E-state index >= 15 is 0 Å². The Bertz CT molecular complexity index is 3070. The highest BCUT2D eigenvalue weighted by Crippen LogP contribution is 2.49. The summed E-state index contributed by atoms with van der Waals surface area (Å²) in [6.45, 7) is 0. The lowest BCUT2D eigenvalue weighted by Crippen LogP contribution is -2.29. The minimum absolute atomic E-state index is 0.0490. The Balaban J connectivity index is 1.19. The molecule has 0 spiro atoms. The number of allylic oxidation sites excluding steroid dienone is 2. The monoisotopic (exact) mass is 667 g/mol. The molecule has 0 bridgehead atoms. The van der Waals surface area contributed by atoms with Crippen LogP contribution in [0, 0.1) is 0 Å². The zero-order valence-corrected chi connectivity index (χ0v) is 27.9. The topological polar surface area (TPSA) is 52.0 Å². The first kappa shape index (κ1) is 27.9. The molecule has 10 aromatic rings. The standard InChI is InChI=1S/C46H29N5O/c1-7-19-36-29(13-1)30-14-2-8-20-37(30)49(36)28-25-26-42-35(27-28)43-44(52-42)45(50-38-21-9-3-15-31(38)32-16-4-10-22-39(32)50)48-46(47-43)51-40-23-11-5-17-33(40)34-18-6-12-24-41(34)51/h1-27,31,38H. The molecule has 5 heterocycles. The fourth-order valence-corrected chi connectivity index (χ4v) is 8.88. The normalized spacial score (nSPS) is 16.7. The SMILES string of the molecule is C1=CC2c3ccccc3N(c3nc(-n4c5ccccc5c5ccccc54)nc4c3oc3ccc(-n5c6ccccc6c6ccccc65)cc34)C2C=C1. The molecule has 0 N–H and O–H groups in total. The lowest BCUT2D eigenvalue weighted by Gasteiger charge is -2.27. The highest BCUT2D eigenvalue weighted by Gasteiger charge is 2.39. The third-order valence-corrected chi connectivity index (χ3v) is 11.1. The molecule has 0 radical (unpaired) electrons. The number of furan rings is 1. The van der Waals surface area contributed by atoms with E-state index in [1.54, 1.807) is 0 Å². The fourth-order valence-electron chi connectivity index (χ4n) is 8.88. The van der Waals surface area contributed by atoms with Crippen molar-refractivity contribution >= 4 is 77.2 Å². The maximum absolute atomic E-state index is 6.86. The fraction of sp³-hybridized carbons (Fsp3) is 0.0435. The van der Waals surface area contributed by atoms with Gasteiger partial charge in [-0.2, -0.15) is 4.98 Å². The number of nitrogens with zero attached hydrogens (tertiary/aromatic N) is 5. The van der Waals surface area contributed by atoms with Gasteiger partial charge in [0.2, 0.25) is 5.95 Å². The van der Waals surface area contributed by atoms with E-state index in [0.29, 0.717) is 11.5 Å². The molecule has 4 aromatic heterocycles. The first-order chi connectivity index (χ1) is 25.8. The van der Waals surface area contributed by atoms with Gasteiger partial charge in [0.25, 0.3) is 0 Å². The van der Waals surface area contributed by atoms with Gasteiger partial charge in [-0.25, -0.2) is 4.98 Å². The molecule has 0 fully saturated rings. The van der Waals surface area contributed by atoms with Crippen molar-refractivity contribution < 1.29 is 4.42 Å². The molecule has 1 aliphatic carbocycles. The van der Waals surface area contributed by atoms with Crippen LogP contribution in [-0.2, 0) is 0 Å². The van der Waals surface area contributed by atoms with E-state index < -0.39 is 0 Å². The Hall–Kier alpha value is -6.92. The predicted molar refractivity (Wildman–Crippen MR) is 211 cm³/mol. The number of hydrogen-bond acceptors (Lipinski definition) is 4. The molecule has 244 valence electrons. The van der Waals surface area contributed by atoms with E-state index in [1.165, 1.54) is 27.1 Å². The number of benzene rings is 6. The van der Waals surface area contributed by atoms with Gasteiger partial charge in [-0.15, -0.1) is 0 Å². The van der Waals surface area contributed by atoms with Gasteiger partial charge >= 0.3 is 0 Å². The molecule has 2 atom stereocenters. The largest absolute Gasteiger partial charge is 0.450 e. The van der Waals surface area contributed by atoms with Crippen LogP contribution >= 0.6 is 0 Å². The van der Waals surface area contributed by atoms with Crippen molar-refractivity contribution in [1.29, 1.82) is 0 Å². The lowest BCUT2D eigenvalue weighted by atomic mass is 9.91. The summed E-state index contributed by atoms with van der Waals surface area (Å²) in [5.41, 5.74) is 10.2. The van der Waals surface area contributed by atoms with Crippen LogP contribution in [0.15, 0.2) is 168 Å². The summed E-state index contributed by atoms with van der Waals surface area (Å²) >= 11 is 0. The van der Waals surface area contributed by atoms with Gasteiger partial charge in [-0.1, -0.05) is 115 Å². The van der Waals surface area contributed by atoms with Gasteiger partial charge in [-0.05, 0) is 54.1 Å². The van der Waals surface area contributed by atoms with Crippen molar-refractivity contribution in [1.82, 2.24) is 19.1 Å². The van der Waals surface area contributed by atoms with E-state index in [2.05, 4.69) is 178 Å². The summed E-state index contributed by atoms with van der Waals surface area (Å²) in [6.07, 6.45) is 8.87. The molecule has 6 aromatic carbocycles. The summed E-state index contributed by atoms with van der Waals surface area (Å²) < 4.78 is 11.4. The van der Waals surface area contributed by atoms with Crippen LogP contribution in [0.3, 0.4) is 0 Å². The van der Waals surface area contributed by atoms with E-state index in [0.717, 1.165) is 55.7 Å². The minimum atomic E-state index is 0.0490. The van der Waals surface area contributed by atoms with Crippen molar-refractivity contribution in [2.24, 2.45) is 0 Å². The number of hydrogen-bond donors (Lipinski definition) is 0. The quantitative estimate of drug-likeness (QED) is 0.188. The van der Waals surface area contributed by atoms with Gasteiger partial charge in [0.15, 0.2) is 11.4 Å². The first-order valence-corrected chi connectivity index (χ1v) is 17.8. The third kappa shape index (κ3) is 3.67. The van der Waals surface area contributed by atoms with Crippen molar-refractivity contribution in [2.75, 3.05) is 4.90 Å². The molecule has 0 saturated heterocycles. The average molecular weight is 668 g/mol. The van der Waals surface area contributed by atoms with Crippen LogP contribution < -0.4 is 4.90 Å². The smallest absolute Gasteiger partial charge is 0.237 e. The van der Waals surface area contributed by atoms with E-state index in [9.17, 15) is 0 Å². The van der Waals surface area contributed by atoms with Crippen LogP contribution in [0.4, 0.5) is 11.5 Å². The van der Waals surface area contributed by atoms with Crippen LogP contribution in [-0.4, -0.2) is 25.1 Å². The number of aromatic nitrogens is 4. The Labute approximate surface area is 297 Å². The number of para-hydroxylation sites is 5. The number of fused-ring (bicyclic) bond motifs is 12. The number of anilines is 2. The summed E-state index contributed by atoms with van der Waals surface area (Å²) in [5.74, 6) is 1.58. The van der Waals surface area contributed by atoms with Gasteiger partial charge < -0.3 is 13.9 Å². The van der Waals surface area contributed by atoms with Crippen LogP contribution in [0.2, 0.25) is 0 Å². The van der Waals surface area contributed by atoms with Gasteiger partial charge in [0.1, 0.15) is 11.1 Å². The summed E-state index contributed by atoms with van der Waals surface area (Å²) in [7, 11) is 0. The van der Waals surface area contributed by atoms with Crippen LogP contribution in [0.5, 0.6) is 0 Å². The molecule has 52 heavy (non-hydrogen) atoms. The van der Waals surface area contributed by atoms with Crippen LogP contribution in [0.25, 0.3) is 77.3 Å². The van der Waals surface area contributed by atoms with E-state index in [1.807, 2.05) is 0 Å². The van der Waals surface area contributed by atoms with Crippen molar-refractivity contribution in [3.05, 3.63) is 169 Å². The zero-order valence-electron chi connectivity index (χ0n) is 27.9. The Kier molecular flexibility index (Phi) is 5.52. The van der Waals surface area contributed by atoms with Gasteiger partial charge in [0.05, 0.1) is 28.1 Å². The predicted octanol–water partition coefficient (Wildman–Crippen LogP) is 11.3. The molecule has 12 rings (SSSR count). The Morgan fingerprint density at radius 2 is 1.10 bits per heavy atom. The second kappa shape index (κ2) is 10.3. The highest BCUT2D eigenvalue weighted by atomic mass is 16.3.